The van der Waals surface area contributed by atoms with Crippen LogP contribution in [-0.4, -0.2) is 31.3 Å². The molecule has 1 aromatic carbocycles. The van der Waals surface area contributed by atoms with Crippen molar-refractivity contribution < 1.29 is 4.79 Å². The topological polar surface area (TPSA) is 60.7 Å². The molecule has 0 atom stereocenters. The summed E-state index contributed by atoms with van der Waals surface area (Å²) in [6.07, 6.45) is 5.68. The Hall–Kier alpha value is -2.73. The largest absolute Gasteiger partial charge is 0.298 e. The second-order valence-electron chi connectivity index (χ2n) is 6.84. The van der Waals surface area contributed by atoms with Gasteiger partial charge >= 0.3 is 0 Å². The third kappa shape index (κ3) is 4.95. The summed E-state index contributed by atoms with van der Waals surface area (Å²) in [7, 11) is 0. The van der Waals surface area contributed by atoms with E-state index in [-0.39, 0.29) is 5.78 Å². The Bertz CT molecular complexity index is 933. The number of benzene rings is 1. The molecule has 0 aliphatic heterocycles. The van der Waals surface area contributed by atoms with Crippen molar-refractivity contribution in [3.05, 3.63) is 72.6 Å². The van der Waals surface area contributed by atoms with Crippen LogP contribution in [0.25, 0.3) is 11.4 Å². The van der Waals surface area contributed by atoms with Crippen molar-refractivity contribution in [3.63, 3.8) is 0 Å². The Morgan fingerprint density at radius 2 is 1.86 bits per heavy atom. The van der Waals surface area contributed by atoms with E-state index < -0.39 is 0 Å². The lowest BCUT2D eigenvalue weighted by Crippen LogP contribution is -2.08. The molecule has 0 amide bonds. The van der Waals surface area contributed by atoms with E-state index in [1.807, 2.05) is 28.8 Å². The molecule has 0 bridgehead atoms. The normalized spacial score (nSPS) is 11.0. The highest BCUT2D eigenvalue weighted by atomic mass is 32.2. The molecule has 2 heterocycles. The molecule has 3 aromatic rings. The summed E-state index contributed by atoms with van der Waals surface area (Å²) in [4.78, 5) is 16.5. The molecule has 0 spiro atoms. The predicted molar refractivity (Wildman–Crippen MR) is 113 cm³/mol. The lowest BCUT2D eigenvalue weighted by molar-refractivity contribution is -0.116. The SMILES string of the molecule is C=CCn1c(SCC(=O)Cc2ccc(C(C)C)cc2)nnc1-c1ccncc1. The molecule has 0 radical (unpaired) electrons. The number of Topliss-reactive ketones (excluding diaryl/α,β-unsaturated/α-hetero) is 1. The zero-order valence-corrected chi connectivity index (χ0v) is 17.0. The van der Waals surface area contributed by atoms with Gasteiger partial charge in [0.1, 0.15) is 5.78 Å². The summed E-state index contributed by atoms with van der Waals surface area (Å²) in [5, 5.41) is 9.29. The van der Waals surface area contributed by atoms with Gasteiger partial charge < -0.3 is 0 Å². The standard InChI is InChI=1S/C22H24N4OS/c1-4-13-26-21(19-9-11-23-12-10-19)24-25-22(26)28-15-20(27)14-17-5-7-18(8-6-17)16(2)3/h4-12,16H,1,13-15H2,2-3H3. The fraction of sp³-hybridized carbons (Fsp3) is 0.273. The number of carbonyl (C=O) groups excluding carboxylic acids is 1. The van der Waals surface area contributed by atoms with Gasteiger partial charge in [-0.1, -0.05) is 56.0 Å². The number of hydrogen-bond acceptors (Lipinski definition) is 5. The minimum absolute atomic E-state index is 0.168. The molecule has 6 heteroatoms. The van der Waals surface area contributed by atoms with Gasteiger partial charge in [0.15, 0.2) is 11.0 Å². The molecule has 0 N–H and O–H groups in total. The second-order valence-corrected chi connectivity index (χ2v) is 7.78. The predicted octanol–water partition coefficient (Wildman–Crippen LogP) is 4.55. The van der Waals surface area contributed by atoms with Gasteiger partial charge in [0.05, 0.1) is 5.75 Å². The number of aromatic nitrogens is 4. The van der Waals surface area contributed by atoms with Crippen LogP contribution in [0, 0.1) is 0 Å². The highest BCUT2D eigenvalue weighted by Gasteiger charge is 2.15. The van der Waals surface area contributed by atoms with Crippen molar-refractivity contribution in [2.45, 2.75) is 37.9 Å². The number of allylic oxidation sites excluding steroid dienone is 1. The molecular formula is C22H24N4OS. The van der Waals surface area contributed by atoms with Gasteiger partial charge in [0, 0.05) is 30.9 Å². The first kappa shape index (κ1) is 20.0. The highest BCUT2D eigenvalue weighted by Crippen LogP contribution is 2.24. The Labute approximate surface area is 169 Å². The zero-order valence-electron chi connectivity index (χ0n) is 16.2. The minimum Gasteiger partial charge on any atom is -0.298 e. The van der Waals surface area contributed by atoms with Crippen LogP contribution >= 0.6 is 11.8 Å². The van der Waals surface area contributed by atoms with Crippen molar-refractivity contribution in [2.24, 2.45) is 0 Å². The molecule has 144 valence electrons. The number of pyridine rings is 1. The van der Waals surface area contributed by atoms with E-state index in [9.17, 15) is 4.79 Å². The van der Waals surface area contributed by atoms with Crippen LogP contribution in [0.3, 0.4) is 0 Å². The number of nitrogens with zero attached hydrogens (tertiary/aromatic N) is 4. The van der Waals surface area contributed by atoms with Gasteiger partial charge in [-0.15, -0.1) is 16.8 Å². The molecule has 28 heavy (non-hydrogen) atoms. The monoisotopic (exact) mass is 392 g/mol. The first-order valence-corrected chi connectivity index (χ1v) is 10.2. The van der Waals surface area contributed by atoms with Crippen molar-refractivity contribution in [3.8, 4) is 11.4 Å². The summed E-state index contributed by atoms with van der Waals surface area (Å²) < 4.78 is 1.97. The van der Waals surface area contributed by atoms with Crippen molar-refractivity contribution in [1.29, 1.82) is 0 Å². The first-order valence-electron chi connectivity index (χ1n) is 9.26. The summed E-state index contributed by atoms with van der Waals surface area (Å²) in [5.41, 5.74) is 3.26. The van der Waals surface area contributed by atoms with Gasteiger partial charge in [0.25, 0.3) is 0 Å². The van der Waals surface area contributed by atoms with Crippen molar-refractivity contribution in [2.75, 3.05) is 5.75 Å². The highest BCUT2D eigenvalue weighted by molar-refractivity contribution is 7.99. The van der Waals surface area contributed by atoms with Gasteiger partial charge in [-0.2, -0.15) is 0 Å². The Balaban J connectivity index is 1.66. The van der Waals surface area contributed by atoms with Crippen LogP contribution in [0.1, 0.15) is 30.9 Å². The summed E-state index contributed by atoms with van der Waals surface area (Å²) in [5.74, 6) is 1.77. The summed E-state index contributed by atoms with van der Waals surface area (Å²) >= 11 is 1.41. The molecule has 0 aliphatic carbocycles. The number of ketones is 1. The van der Waals surface area contributed by atoms with Gasteiger partial charge in [-0.3, -0.25) is 14.3 Å². The molecule has 3 rings (SSSR count). The van der Waals surface area contributed by atoms with E-state index in [2.05, 4.69) is 47.7 Å². The molecule has 5 nitrogen and oxygen atoms in total. The lowest BCUT2D eigenvalue weighted by atomic mass is 10.0. The van der Waals surface area contributed by atoms with E-state index >= 15 is 0 Å². The quantitative estimate of drug-likeness (QED) is 0.395. The van der Waals surface area contributed by atoms with E-state index in [1.165, 1.54) is 17.3 Å². The van der Waals surface area contributed by atoms with E-state index in [0.29, 0.717) is 24.6 Å². The Kier molecular flexibility index (Phi) is 6.76. The van der Waals surface area contributed by atoms with Crippen LogP contribution in [0.4, 0.5) is 0 Å². The average molecular weight is 393 g/mol. The molecule has 0 fully saturated rings. The first-order chi connectivity index (χ1) is 13.6. The Morgan fingerprint density at radius 3 is 2.50 bits per heavy atom. The van der Waals surface area contributed by atoms with Crippen LogP contribution in [-0.2, 0) is 17.8 Å². The molecular weight excluding hydrogens is 368 g/mol. The Morgan fingerprint density at radius 1 is 1.14 bits per heavy atom. The second kappa shape index (κ2) is 9.46. The van der Waals surface area contributed by atoms with E-state index in [0.717, 1.165) is 22.1 Å². The molecule has 0 saturated carbocycles. The van der Waals surface area contributed by atoms with Gasteiger partial charge in [-0.25, -0.2) is 0 Å². The summed E-state index contributed by atoms with van der Waals surface area (Å²) in [6, 6.07) is 12.1. The van der Waals surface area contributed by atoms with Crippen LogP contribution < -0.4 is 0 Å². The number of rotatable bonds is 9. The van der Waals surface area contributed by atoms with Crippen molar-refractivity contribution in [1.82, 2.24) is 19.7 Å². The summed E-state index contributed by atoms with van der Waals surface area (Å²) in [6.45, 7) is 8.72. The van der Waals surface area contributed by atoms with E-state index in [4.69, 9.17) is 0 Å². The van der Waals surface area contributed by atoms with Gasteiger partial charge in [-0.05, 0) is 29.2 Å². The number of thioether (sulfide) groups is 1. The fourth-order valence-electron chi connectivity index (χ4n) is 2.85. The van der Waals surface area contributed by atoms with Crippen LogP contribution in [0.15, 0.2) is 66.6 Å². The number of hydrogen-bond donors (Lipinski definition) is 0. The molecule has 0 saturated heterocycles. The van der Waals surface area contributed by atoms with Gasteiger partial charge in [0.2, 0.25) is 0 Å². The maximum Gasteiger partial charge on any atom is 0.192 e. The minimum atomic E-state index is 0.168. The smallest absolute Gasteiger partial charge is 0.192 e. The average Bonchev–Trinajstić information content (AvgIpc) is 3.10. The maximum atomic E-state index is 12.4. The van der Waals surface area contributed by atoms with Crippen LogP contribution in [0.5, 0.6) is 0 Å². The third-order valence-corrected chi connectivity index (χ3v) is 5.40. The fourth-order valence-corrected chi connectivity index (χ4v) is 3.66. The van der Waals surface area contributed by atoms with E-state index in [1.54, 1.807) is 18.5 Å². The number of carbonyl (C=O) groups is 1. The molecule has 0 aliphatic rings. The molecule has 0 unspecified atom stereocenters. The molecule has 2 aromatic heterocycles. The zero-order chi connectivity index (χ0) is 19.9. The van der Waals surface area contributed by atoms with Crippen molar-refractivity contribution >= 4 is 17.5 Å². The lowest BCUT2D eigenvalue weighted by Gasteiger charge is -2.08. The maximum absolute atomic E-state index is 12.4. The third-order valence-electron chi connectivity index (χ3n) is 4.38. The van der Waals surface area contributed by atoms with Crippen LogP contribution in [0.2, 0.25) is 0 Å².